The van der Waals surface area contributed by atoms with Gasteiger partial charge < -0.3 is 19.9 Å². The topological polar surface area (TPSA) is 79.7 Å². The van der Waals surface area contributed by atoms with Crippen LogP contribution in [0.4, 0.5) is 10.2 Å². The molecule has 7 nitrogen and oxygen atoms in total. The smallest absolute Gasteiger partial charge is 0.163 e. The minimum Gasteiger partial charge on any atom is -0.493 e. The van der Waals surface area contributed by atoms with Crippen LogP contribution < -0.4 is 14.8 Å². The molecule has 8 heteroatoms. The zero-order chi connectivity index (χ0) is 24.9. The molecule has 2 aromatic rings. The van der Waals surface area contributed by atoms with Crippen LogP contribution in [-0.2, 0) is 19.5 Å². The monoisotopic (exact) mass is 496 g/mol. The maximum atomic E-state index is 14.7. The number of fused-ring (bicyclic) bond motifs is 1. The van der Waals surface area contributed by atoms with E-state index in [0.29, 0.717) is 36.7 Å². The van der Waals surface area contributed by atoms with Crippen LogP contribution in [0.2, 0.25) is 0 Å². The van der Waals surface area contributed by atoms with Gasteiger partial charge in [0, 0.05) is 43.4 Å². The number of aliphatic hydroxyl groups is 1. The zero-order valence-electron chi connectivity index (χ0n) is 21.3. The highest BCUT2D eigenvalue weighted by Gasteiger charge is 2.53. The molecule has 4 fully saturated rings. The Morgan fingerprint density at radius 1 is 1.08 bits per heavy atom. The Hall–Kier alpha value is -2.45. The number of ether oxygens (including phenoxy) is 2. The number of anilines is 1. The Kier molecular flexibility index (Phi) is 6.28. The summed E-state index contributed by atoms with van der Waals surface area (Å²) in [6.45, 7) is 2.40. The van der Waals surface area contributed by atoms with Crippen LogP contribution in [0.1, 0.15) is 55.3 Å². The van der Waals surface area contributed by atoms with Gasteiger partial charge in [-0.3, -0.25) is 4.90 Å². The molecule has 2 N–H and O–H groups in total. The molecule has 194 valence electrons. The lowest BCUT2D eigenvalue weighted by Crippen LogP contribution is -2.53. The summed E-state index contributed by atoms with van der Waals surface area (Å²) in [5, 5.41) is 14.8. The summed E-state index contributed by atoms with van der Waals surface area (Å²) < 4.78 is 25.3. The van der Waals surface area contributed by atoms with E-state index in [1.165, 1.54) is 51.7 Å². The van der Waals surface area contributed by atoms with Crippen molar-refractivity contribution in [3.8, 4) is 11.5 Å². The minimum atomic E-state index is -0.343. The van der Waals surface area contributed by atoms with Crippen LogP contribution in [0.25, 0.3) is 0 Å². The zero-order valence-corrected chi connectivity index (χ0v) is 21.3. The van der Waals surface area contributed by atoms with Gasteiger partial charge >= 0.3 is 0 Å². The third kappa shape index (κ3) is 4.32. The molecule has 4 bridgehead atoms. The first-order valence-electron chi connectivity index (χ1n) is 13.3. The fourth-order valence-corrected chi connectivity index (χ4v) is 7.95. The number of aromatic nitrogens is 2. The number of hydrogen-bond acceptors (Lipinski definition) is 7. The van der Waals surface area contributed by atoms with Crippen LogP contribution in [0.15, 0.2) is 18.5 Å². The number of nitrogens with one attached hydrogen (secondary N) is 1. The molecule has 4 aliphatic carbocycles. The van der Waals surface area contributed by atoms with Gasteiger partial charge in [0.05, 0.1) is 26.0 Å². The van der Waals surface area contributed by atoms with E-state index < -0.39 is 0 Å². The van der Waals surface area contributed by atoms with Gasteiger partial charge in [-0.15, -0.1) is 0 Å². The van der Waals surface area contributed by atoms with Crippen molar-refractivity contribution in [2.24, 2.45) is 23.2 Å². The second kappa shape index (κ2) is 9.45. The van der Waals surface area contributed by atoms with Gasteiger partial charge in [-0.2, -0.15) is 0 Å². The lowest BCUT2D eigenvalue weighted by molar-refractivity contribution is -0.115. The lowest BCUT2D eigenvalue weighted by Gasteiger charge is -2.58. The maximum Gasteiger partial charge on any atom is 0.163 e. The van der Waals surface area contributed by atoms with Gasteiger partial charge in [0.25, 0.3) is 0 Å². The van der Waals surface area contributed by atoms with Crippen molar-refractivity contribution in [1.82, 2.24) is 14.9 Å². The summed E-state index contributed by atoms with van der Waals surface area (Å²) in [5.74, 6) is 3.90. The van der Waals surface area contributed by atoms with Crippen LogP contribution in [-0.4, -0.2) is 53.4 Å². The molecule has 1 unspecified atom stereocenters. The van der Waals surface area contributed by atoms with E-state index in [-0.39, 0.29) is 17.3 Å². The molecule has 1 atom stereocenters. The Labute approximate surface area is 212 Å². The highest BCUT2D eigenvalue weighted by molar-refractivity contribution is 5.47. The van der Waals surface area contributed by atoms with Crippen molar-refractivity contribution in [3.05, 3.63) is 41.1 Å². The lowest BCUT2D eigenvalue weighted by atomic mass is 9.48. The molecule has 2 heterocycles. The van der Waals surface area contributed by atoms with Crippen LogP contribution in [0.3, 0.4) is 0 Å². The Morgan fingerprint density at radius 2 is 1.75 bits per heavy atom. The van der Waals surface area contributed by atoms with E-state index in [1.807, 2.05) is 0 Å². The average Bonchev–Trinajstić information content (AvgIpc) is 2.87. The molecular weight excluding hydrogens is 459 g/mol. The molecule has 1 aromatic carbocycles. The predicted molar refractivity (Wildman–Crippen MR) is 134 cm³/mol. The summed E-state index contributed by atoms with van der Waals surface area (Å²) in [6, 6.07) is 3.09. The van der Waals surface area contributed by atoms with E-state index in [9.17, 15) is 9.50 Å². The highest BCUT2D eigenvalue weighted by atomic mass is 19.1. The minimum absolute atomic E-state index is 0.0924. The van der Waals surface area contributed by atoms with E-state index in [2.05, 4.69) is 20.2 Å². The van der Waals surface area contributed by atoms with Crippen molar-refractivity contribution >= 4 is 5.82 Å². The molecule has 0 radical (unpaired) electrons. The van der Waals surface area contributed by atoms with E-state index >= 15 is 0 Å². The molecule has 1 aromatic heterocycles. The number of halogens is 1. The summed E-state index contributed by atoms with van der Waals surface area (Å²) in [5.41, 5.74) is 2.74. The number of benzene rings is 1. The number of methoxy groups -OCH3 is 2. The maximum absolute atomic E-state index is 14.7. The summed E-state index contributed by atoms with van der Waals surface area (Å²) >= 11 is 0. The molecule has 1 aliphatic heterocycles. The van der Waals surface area contributed by atoms with Crippen LogP contribution in [0.5, 0.6) is 11.5 Å². The molecule has 36 heavy (non-hydrogen) atoms. The Morgan fingerprint density at radius 3 is 2.42 bits per heavy atom. The first-order chi connectivity index (χ1) is 17.5. The molecule has 0 amide bonds. The standard InChI is InChI=1S/C28H37FN4O3/c1-35-24-8-20(22(29)9-25(24)36-2)14-33-4-3-21-23(15-33)31-16-32-27(21)30-13-26(34)28-10-17-5-18(11-28)7-19(6-17)12-28/h8-9,16-19,26,34H,3-7,10-15H2,1-2H3,(H,30,31,32). The van der Waals surface area contributed by atoms with E-state index in [1.54, 1.807) is 19.5 Å². The van der Waals surface area contributed by atoms with Crippen molar-refractivity contribution in [3.63, 3.8) is 0 Å². The molecule has 0 spiro atoms. The van der Waals surface area contributed by atoms with Crippen molar-refractivity contribution in [2.45, 2.75) is 64.1 Å². The van der Waals surface area contributed by atoms with E-state index in [4.69, 9.17) is 9.47 Å². The number of hydrogen-bond donors (Lipinski definition) is 2. The van der Waals surface area contributed by atoms with E-state index in [0.717, 1.165) is 47.8 Å². The van der Waals surface area contributed by atoms with Gasteiger partial charge in [0.15, 0.2) is 11.5 Å². The van der Waals surface area contributed by atoms with Crippen LogP contribution in [0, 0.1) is 29.0 Å². The third-order valence-electron chi connectivity index (χ3n) is 9.29. The quantitative estimate of drug-likeness (QED) is 0.568. The SMILES string of the molecule is COc1cc(F)c(CN2CCc3c(ncnc3NCC(O)C34CC5CC(CC(C5)C3)C4)C2)cc1OC. The third-order valence-corrected chi connectivity index (χ3v) is 9.29. The average molecular weight is 497 g/mol. The summed E-state index contributed by atoms with van der Waals surface area (Å²) in [6.07, 6.45) is 9.72. The summed E-state index contributed by atoms with van der Waals surface area (Å²) in [7, 11) is 3.06. The van der Waals surface area contributed by atoms with Crippen molar-refractivity contribution in [2.75, 3.05) is 32.6 Å². The molecular formula is C28H37FN4O3. The predicted octanol–water partition coefficient (Wildman–Crippen LogP) is 4.18. The van der Waals surface area contributed by atoms with Gasteiger partial charge in [-0.25, -0.2) is 14.4 Å². The first kappa shape index (κ1) is 23.9. The van der Waals surface area contributed by atoms with Crippen molar-refractivity contribution < 1.29 is 19.0 Å². The molecule has 5 aliphatic rings. The Bertz CT molecular complexity index is 1090. The van der Waals surface area contributed by atoms with Gasteiger partial charge in [0.2, 0.25) is 0 Å². The molecule has 7 rings (SSSR count). The number of aliphatic hydroxyl groups excluding tert-OH is 1. The fraction of sp³-hybridized carbons (Fsp3) is 0.643. The van der Waals surface area contributed by atoms with Gasteiger partial charge in [-0.1, -0.05) is 0 Å². The first-order valence-corrected chi connectivity index (χ1v) is 13.3. The van der Waals surface area contributed by atoms with Gasteiger partial charge in [-0.05, 0) is 74.2 Å². The molecule has 0 saturated heterocycles. The normalized spacial score (nSPS) is 29.6. The highest BCUT2D eigenvalue weighted by Crippen LogP contribution is 2.61. The van der Waals surface area contributed by atoms with Crippen LogP contribution >= 0.6 is 0 Å². The number of rotatable bonds is 8. The molecule has 4 saturated carbocycles. The largest absolute Gasteiger partial charge is 0.493 e. The fourth-order valence-electron chi connectivity index (χ4n) is 7.95. The second-order valence-corrected chi connectivity index (χ2v) is 11.6. The number of nitrogens with zero attached hydrogens (tertiary/aromatic N) is 3. The van der Waals surface area contributed by atoms with Gasteiger partial charge in [0.1, 0.15) is 18.0 Å². The summed E-state index contributed by atoms with van der Waals surface area (Å²) in [4.78, 5) is 11.3. The Balaban J connectivity index is 1.12. The van der Waals surface area contributed by atoms with Crippen molar-refractivity contribution in [1.29, 1.82) is 0 Å². The second-order valence-electron chi connectivity index (χ2n) is 11.6.